The van der Waals surface area contributed by atoms with Crippen LogP contribution in [0.5, 0.6) is 11.5 Å². The zero-order chi connectivity index (χ0) is 18.4. The smallest absolute Gasteiger partial charge is 0.326 e. The first-order valence-electron chi connectivity index (χ1n) is 8.08. The molecule has 1 atom stereocenters. The molecular weight excluding hydrogens is 328 g/mol. The van der Waals surface area contributed by atoms with E-state index in [0.29, 0.717) is 30.3 Å². The summed E-state index contributed by atoms with van der Waals surface area (Å²) in [6.07, 6.45) is 0.747. The maximum absolute atomic E-state index is 12.8. The van der Waals surface area contributed by atoms with Crippen LogP contribution < -0.4 is 14.8 Å². The molecule has 1 unspecified atom stereocenters. The van der Waals surface area contributed by atoms with Gasteiger partial charge in [-0.2, -0.15) is 0 Å². The lowest BCUT2D eigenvalue weighted by Crippen LogP contribution is -2.46. The number of amides is 2. The minimum absolute atomic E-state index is 0.0837. The predicted molar refractivity (Wildman–Crippen MR) is 88.9 cm³/mol. The van der Waals surface area contributed by atoms with Gasteiger partial charge < -0.3 is 24.8 Å². The van der Waals surface area contributed by atoms with Crippen LogP contribution in [0.15, 0.2) is 18.2 Å². The molecule has 136 valence electrons. The Kier molecular flexibility index (Phi) is 6.21. The number of hydrogen-bond acceptors (Lipinski definition) is 5. The van der Waals surface area contributed by atoms with Crippen molar-refractivity contribution in [2.45, 2.75) is 26.3 Å². The van der Waals surface area contributed by atoms with Crippen molar-refractivity contribution in [3.63, 3.8) is 0 Å². The summed E-state index contributed by atoms with van der Waals surface area (Å²) < 4.78 is 11.1. The first-order chi connectivity index (χ1) is 11.9. The second kappa shape index (κ2) is 8.36. The normalized spacial score (nSPS) is 14.2. The third kappa shape index (κ3) is 4.85. The molecular formula is C17H22N2O6. The average molecular weight is 350 g/mol. The Morgan fingerprint density at radius 3 is 2.56 bits per heavy atom. The van der Waals surface area contributed by atoms with Crippen LogP contribution >= 0.6 is 0 Å². The average Bonchev–Trinajstić information content (AvgIpc) is 2.81. The van der Waals surface area contributed by atoms with Crippen molar-refractivity contribution in [3.05, 3.63) is 23.8 Å². The standard InChI is InChI=1S/C17H22N2O6/c1-11(17(22)23)19(7-6-18-12(2)20)16(21)13-4-5-14-15(10-13)25-9-3-8-24-14/h4-5,10-11H,3,6-9H2,1-2H3,(H,18,20)(H,22,23). The topological polar surface area (TPSA) is 105 Å². The summed E-state index contributed by atoms with van der Waals surface area (Å²) in [4.78, 5) is 36.3. The Labute approximate surface area is 145 Å². The van der Waals surface area contributed by atoms with E-state index in [4.69, 9.17) is 9.47 Å². The van der Waals surface area contributed by atoms with Gasteiger partial charge in [-0.15, -0.1) is 0 Å². The summed E-state index contributed by atoms with van der Waals surface area (Å²) in [5.74, 6) is -0.786. The van der Waals surface area contributed by atoms with Crippen molar-refractivity contribution in [1.29, 1.82) is 0 Å². The zero-order valence-corrected chi connectivity index (χ0v) is 14.3. The number of carboxylic acids is 1. The van der Waals surface area contributed by atoms with E-state index in [0.717, 1.165) is 6.42 Å². The number of aliphatic carboxylic acids is 1. The predicted octanol–water partition coefficient (Wildman–Crippen LogP) is 0.899. The van der Waals surface area contributed by atoms with Crippen molar-refractivity contribution in [3.8, 4) is 11.5 Å². The number of carbonyl (C=O) groups excluding carboxylic acids is 2. The number of fused-ring (bicyclic) bond motifs is 1. The van der Waals surface area contributed by atoms with Gasteiger partial charge >= 0.3 is 5.97 Å². The third-order valence-electron chi connectivity index (χ3n) is 3.81. The fourth-order valence-electron chi connectivity index (χ4n) is 2.42. The molecule has 1 aliphatic rings. The minimum atomic E-state index is -1.12. The molecule has 0 spiro atoms. The molecule has 1 aromatic carbocycles. The van der Waals surface area contributed by atoms with Crippen LogP contribution in [0.25, 0.3) is 0 Å². The summed E-state index contributed by atoms with van der Waals surface area (Å²) in [5, 5.41) is 11.8. The highest BCUT2D eigenvalue weighted by molar-refractivity contribution is 5.97. The van der Waals surface area contributed by atoms with Crippen LogP contribution in [0, 0.1) is 0 Å². The molecule has 0 aliphatic carbocycles. The van der Waals surface area contributed by atoms with E-state index in [1.54, 1.807) is 18.2 Å². The van der Waals surface area contributed by atoms with Gasteiger partial charge in [-0.25, -0.2) is 4.79 Å². The van der Waals surface area contributed by atoms with Crippen LogP contribution in [0.3, 0.4) is 0 Å². The molecule has 0 bridgehead atoms. The van der Waals surface area contributed by atoms with E-state index in [2.05, 4.69) is 5.32 Å². The lowest BCUT2D eigenvalue weighted by atomic mass is 10.1. The highest BCUT2D eigenvalue weighted by Crippen LogP contribution is 2.31. The Hall–Kier alpha value is -2.77. The summed E-state index contributed by atoms with van der Waals surface area (Å²) in [6.45, 7) is 4.07. The van der Waals surface area contributed by atoms with Crippen molar-refractivity contribution >= 4 is 17.8 Å². The van der Waals surface area contributed by atoms with E-state index in [1.807, 2.05) is 0 Å². The van der Waals surface area contributed by atoms with Crippen molar-refractivity contribution in [1.82, 2.24) is 10.2 Å². The lowest BCUT2D eigenvalue weighted by Gasteiger charge is -2.27. The van der Waals surface area contributed by atoms with Gasteiger partial charge in [-0.05, 0) is 25.1 Å². The number of nitrogens with one attached hydrogen (secondary N) is 1. The molecule has 8 nitrogen and oxygen atoms in total. The summed E-state index contributed by atoms with van der Waals surface area (Å²) in [7, 11) is 0. The van der Waals surface area contributed by atoms with Gasteiger partial charge in [-0.3, -0.25) is 9.59 Å². The maximum atomic E-state index is 12.8. The number of carbonyl (C=O) groups is 3. The molecule has 0 saturated heterocycles. The minimum Gasteiger partial charge on any atom is -0.490 e. The van der Waals surface area contributed by atoms with Crippen LogP contribution in [0.1, 0.15) is 30.6 Å². The van der Waals surface area contributed by atoms with E-state index >= 15 is 0 Å². The lowest BCUT2D eigenvalue weighted by molar-refractivity contribution is -0.141. The van der Waals surface area contributed by atoms with Gasteiger partial charge in [0.05, 0.1) is 13.2 Å². The fraction of sp³-hybridized carbons (Fsp3) is 0.471. The van der Waals surface area contributed by atoms with Gasteiger partial charge in [0, 0.05) is 32.0 Å². The molecule has 1 aromatic rings. The van der Waals surface area contributed by atoms with Gasteiger partial charge in [-0.1, -0.05) is 0 Å². The zero-order valence-electron chi connectivity index (χ0n) is 14.3. The van der Waals surface area contributed by atoms with Crippen LogP contribution in [-0.4, -0.2) is 60.1 Å². The van der Waals surface area contributed by atoms with Crippen molar-refractivity contribution in [2.24, 2.45) is 0 Å². The second-order valence-corrected chi connectivity index (χ2v) is 5.71. The third-order valence-corrected chi connectivity index (χ3v) is 3.81. The highest BCUT2D eigenvalue weighted by atomic mass is 16.5. The largest absolute Gasteiger partial charge is 0.490 e. The number of hydrogen-bond donors (Lipinski definition) is 2. The SMILES string of the molecule is CC(=O)NCCN(C(=O)c1ccc2c(c1)OCCCO2)C(C)C(=O)O. The fourth-order valence-corrected chi connectivity index (χ4v) is 2.42. The molecule has 0 radical (unpaired) electrons. The second-order valence-electron chi connectivity index (χ2n) is 5.71. The number of benzene rings is 1. The molecule has 2 N–H and O–H groups in total. The first-order valence-corrected chi connectivity index (χ1v) is 8.08. The number of nitrogens with zero attached hydrogens (tertiary/aromatic N) is 1. The molecule has 1 aliphatic heterocycles. The van der Waals surface area contributed by atoms with E-state index in [9.17, 15) is 19.5 Å². The molecule has 2 rings (SSSR count). The van der Waals surface area contributed by atoms with Crippen LogP contribution in [0.2, 0.25) is 0 Å². The molecule has 2 amide bonds. The Balaban J connectivity index is 2.21. The number of ether oxygens (including phenoxy) is 2. The molecule has 0 saturated carbocycles. The molecule has 8 heteroatoms. The summed E-state index contributed by atoms with van der Waals surface area (Å²) >= 11 is 0. The Morgan fingerprint density at radius 2 is 1.92 bits per heavy atom. The van der Waals surface area contributed by atoms with Crippen molar-refractivity contribution in [2.75, 3.05) is 26.3 Å². The Bertz CT molecular complexity index is 661. The molecule has 0 aromatic heterocycles. The molecule has 25 heavy (non-hydrogen) atoms. The summed E-state index contributed by atoms with van der Waals surface area (Å²) in [5.41, 5.74) is 0.306. The van der Waals surface area contributed by atoms with Gasteiger partial charge in [0.2, 0.25) is 5.91 Å². The summed E-state index contributed by atoms with van der Waals surface area (Å²) in [6, 6.07) is 3.75. The quantitative estimate of drug-likeness (QED) is 0.790. The van der Waals surface area contributed by atoms with E-state index < -0.39 is 17.9 Å². The number of rotatable bonds is 6. The first kappa shape index (κ1) is 18.6. The van der Waals surface area contributed by atoms with Crippen molar-refractivity contribution < 1.29 is 29.0 Å². The highest BCUT2D eigenvalue weighted by Gasteiger charge is 2.27. The van der Waals surface area contributed by atoms with Crippen LogP contribution in [-0.2, 0) is 9.59 Å². The van der Waals surface area contributed by atoms with Gasteiger partial charge in [0.15, 0.2) is 11.5 Å². The van der Waals surface area contributed by atoms with Crippen LogP contribution in [0.4, 0.5) is 0 Å². The van der Waals surface area contributed by atoms with E-state index in [1.165, 1.54) is 18.7 Å². The monoisotopic (exact) mass is 350 g/mol. The van der Waals surface area contributed by atoms with Gasteiger partial charge in [0.25, 0.3) is 5.91 Å². The van der Waals surface area contributed by atoms with Gasteiger partial charge in [0.1, 0.15) is 6.04 Å². The molecule has 1 heterocycles. The van der Waals surface area contributed by atoms with E-state index in [-0.39, 0.29) is 19.0 Å². The molecule has 0 fully saturated rings. The number of carboxylic acid groups (broad SMARTS) is 1. The maximum Gasteiger partial charge on any atom is 0.326 e. The Morgan fingerprint density at radius 1 is 1.24 bits per heavy atom.